The minimum Gasteiger partial charge on any atom is -0.496 e. The van der Waals surface area contributed by atoms with Crippen molar-refractivity contribution in [3.05, 3.63) is 32.2 Å². The van der Waals surface area contributed by atoms with Crippen LogP contribution in [0.2, 0.25) is 0 Å². The molecule has 0 radical (unpaired) electrons. The lowest BCUT2D eigenvalue weighted by atomic mass is 10.1. The molecule has 0 saturated heterocycles. The normalized spacial score (nSPS) is 12.6. The molecule has 1 atom stereocenters. The van der Waals surface area contributed by atoms with Crippen LogP contribution >= 0.6 is 27.3 Å². The lowest BCUT2D eigenvalue weighted by Gasteiger charge is -2.17. The Bertz CT molecular complexity index is 594. The predicted molar refractivity (Wildman–Crippen MR) is 91.4 cm³/mol. The van der Waals surface area contributed by atoms with E-state index in [1.807, 2.05) is 13.1 Å². The maximum atomic E-state index is 5.46. The van der Waals surface area contributed by atoms with Crippen molar-refractivity contribution in [1.82, 2.24) is 15.1 Å². The molecule has 0 aliphatic heterocycles. The van der Waals surface area contributed by atoms with Gasteiger partial charge in [0.05, 0.1) is 33.9 Å². The molecule has 0 fully saturated rings. The van der Waals surface area contributed by atoms with E-state index >= 15 is 0 Å². The lowest BCUT2D eigenvalue weighted by Crippen LogP contribution is -2.20. The summed E-state index contributed by atoms with van der Waals surface area (Å²) in [7, 11) is 3.71. The lowest BCUT2D eigenvalue weighted by molar-refractivity contribution is 0.404. The summed E-state index contributed by atoms with van der Waals surface area (Å²) >= 11 is 5.45. The van der Waals surface area contributed by atoms with Crippen LogP contribution in [0.4, 0.5) is 0 Å². The van der Waals surface area contributed by atoms with Crippen LogP contribution in [0.1, 0.15) is 36.2 Å². The van der Waals surface area contributed by atoms with Crippen molar-refractivity contribution in [3.8, 4) is 5.75 Å². The topological polar surface area (TPSA) is 39.1 Å². The molecule has 1 N–H and O–H groups in total. The number of aryl methyl sites for hydroxylation is 2. The summed E-state index contributed by atoms with van der Waals surface area (Å²) in [4.78, 5) is 1.23. The molecule has 0 amide bonds. The van der Waals surface area contributed by atoms with Crippen molar-refractivity contribution < 1.29 is 4.74 Å². The van der Waals surface area contributed by atoms with Crippen molar-refractivity contribution >= 4 is 27.3 Å². The Morgan fingerprint density at radius 2 is 2.24 bits per heavy atom. The molecule has 116 valence electrons. The van der Waals surface area contributed by atoms with Crippen LogP contribution in [0.3, 0.4) is 0 Å². The Morgan fingerprint density at radius 1 is 1.48 bits per heavy atom. The molecule has 2 aromatic rings. The zero-order valence-electron chi connectivity index (χ0n) is 12.9. The number of halogens is 1. The highest BCUT2D eigenvalue weighted by Crippen LogP contribution is 2.34. The SMILES string of the molecule is CCc1nn(CC)c(CC(NC)c2sccc2OC)c1Br. The molecule has 0 bridgehead atoms. The summed E-state index contributed by atoms with van der Waals surface area (Å²) in [6, 6.07) is 2.25. The van der Waals surface area contributed by atoms with E-state index in [1.54, 1.807) is 18.4 Å². The monoisotopic (exact) mass is 371 g/mol. The van der Waals surface area contributed by atoms with Gasteiger partial charge in [0, 0.05) is 13.0 Å². The van der Waals surface area contributed by atoms with Crippen LogP contribution in [0.15, 0.2) is 15.9 Å². The summed E-state index contributed by atoms with van der Waals surface area (Å²) in [5.41, 5.74) is 2.36. The highest BCUT2D eigenvalue weighted by Gasteiger charge is 2.22. The van der Waals surface area contributed by atoms with E-state index in [9.17, 15) is 0 Å². The number of ether oxygens (including phenoxy) is 1. The Hall–Kier alpha value is -0.850. The van der Waals surface area contributed by atoms with Crippen LogP contribution in [-0.2, 0) is 19.4 Å². The van der Waals surface area contributed by atoms with E-state index < -0.39 is 0 Å². The quantitative estimate of drug-likeness (QED) is 0.804. The number of aromatic nitrogens is 2. The van der Waals surface area contributed by atoms with Gasteiger partial charge in [-0.1, -0.05) is 6.92 Å². The second-order valence-electron chi connectivity index (χ2n) is 4.78. The molecular weight excluding hydrogens is 350 g/mol. The number of likely N-dealkylation sites (N-methyl/N-ethyl adjacent to an activating group) is 1. The largest absolute Gasteiger partial charge is 0.496 e. The maximum Gasteiger partial charge on any atom is 0.134 e. The summed E-state index contributed by atoms with van der Waals surface area (Å²) in [5.74, 6) is 0.953. The Kier molecular flexibility index (Phi) is 5.84. The van der Waals surface area contributed by atoms with Crippen LogP contribution in [0.25, 0.3) is 0 Å². The van der Waals surface area contributed by atoms with Gasteiger partial charge in [0.1, 0.15) is 5.75 Å². The smallest absolute Gasteiger partial charge is 0.134 e. The molecule has 0 saturated carbocycles. The number of hydrogen-bond donors (Lipinski definition) is 1. The third-order valence-electron chi connectivity index (χ3n) is 3.63. The predicted octanol–water partition coefficient (Wildman–Crippen LogP) is 3.80. The fourth-order valence-corrected chi connectivity index (χ4v) is 4.16. The first-order valence-corrected chi connectivity index (χ1v) is 8.86. The average molecular weight is 372 g/mol. The summed E-state index contributed by atoms with van der Waals surface area (Å²) in [5, 5.41) is 10.1. The third kappa shape index (κ3) is 3.33. The second kappa shape index (κ2) is 7.42. The van der Waals surface area contributed by atoms with Gasteiger partial charge in [-0.15, -0.1) is 11.3 Å². The highest BCUT2D eigenvalue weighted by molar-refractivity contribution is 9.10. The average Bonchev–Trinajstić information content (AvgIpc) is 3.09. The highest BCUT2D eigenvalue weighted by atomic mass is 79.9. The van der Waals surface area contributed by atoms with Crippen molar-refractivity contribution in [2.24, 2.45) is 0 Å². The Balaban J connectivity index is 2.33. The summed E-state index contributed by atoms with van der Waals surface area (Å²) in [6.07, 6.45) is 1.82. The molecule has 21 heavy (non-hydrogen) atoms. The van der Waals surface area contributed by atoms with E-state index in [1.165, 1.54) is 10.6 Å². The van der Waals surface area contributed by atoms with E-state index in [-0.39, 0.29) is 6.04 Å². The third-order valence-corrected chi connectivity index (χ3v) is 5.56. The van der Waals surface area contributed by atoms with Crippen molar-refractivity contribution in [3.63, 3.8) is 0 Å². The molecular formula is C15H22BrN3OS. The number of hydrogen-bond acceptors (Lipinski definition) is 4. The van der Waals surface area contributed by atoms with E-state index in [0.29, 0.717) is 0 Å². The van der Waals surface area contributed by atoms with Gasteiger partial charge < -0.3 is 10.1 Å². The van der Waals surface area contributed by atoms with Gasteiger partial charge in [-0.25, -0.2) is 0 Å². The van der Waals surface area contributed by atoms with Crippen molar-refractivity contribution in [2.75, 3.05) is 14.2 Å². The summed E-state index contributed by atoms with van der Waals surface area (Å²) in [6.45, 7) is 5.14. The molecule has 0 spiro atoms. The fourth-order valence-electron chi connectivity index (χ4n) is 2.46. The number of nitrogens with one attached hydrogen (secondary N) is 1. The zero-order valence-corrected chi connectivity index (χ0v) is 15.3. The van der Waals surface area contributed by atoms with Gasteiger partial charge in [-0.2, -0.15) is 5.10 Å². The minimum absolute atomic E-state index is 0.225. The first-order valence-electron chi connectivity index (χ1n) is 7.18. The molecule has 0 aromatic carbocycles. The minimum atomic E-state index is 0.225. The Morgan fingerprint density at radius 3 is 2.81 bits per heavy atom. The first kappa shape index (κ1) is 16.5. The molecule has 1 unspecified atom stereocenters. The molecule has 4 nitrogen and oxygen atoms in total. The number of methoxy groups -OCH3 is 1. The molecule has 2 heterocycles. The Labute approximate surface area is 138 Å². The van der Waals surface area contributed by atoms with E-state index in [4.69, 9.17) is 4.74 Å². The molecule has 0 aliphatic rings. The molecule has 0 aliphatic carbocycles. The zero-order chi connectivity index (χ0) is 15.4. The molecule has 2 aromatic heterocycles. The van der Waals surface area contributed by atoms with Crippen LogP contribution in [0.5, 0.6) is 5.75 Å². The second-order valence-corrected chi connectivity index (χ2v) is 6.52. The first-order chi connectivity index (χ1) is 10.2. The number of rotatable bonds is 7. The van der Waals surface area contributed by atoms with Gasteiger partial charge in [-0.3, -0.25) is 4.68 Å². The van der Waals surface area contributed by atoms with E-state index in [0.717, 1.165) is 35.3 Å². The number of nitrogens with zero attached hydrogens (tertiary/aromatic N) is 2. The molecule has 2 rings (SSSR count). The summed E-state index contributed by atoms with van der Waals surface area (Å²) < 4.78 is 8.69. The van der Waals surface area contributed by atoms with Gasteiger partial charge >= 0.3 is 0 Å². The van der Waals surface area contributed by atoms with E-state index in [2.05, 4.69) is 50.3 Å². The van der Waals surface area contributed by atoms with Gasteiger partial charge in [0.15, 0.2) is 0 Å². The maximum absolute atomic E-state index is 5.46. The van der Waals surface area contributed by atoms with Gasteiger partial charge in [-0.05, 0) is 47.8 Å². The van der Waals surface area contributed by atoms with Gasteiger partial charge in [0.25, 0.3) is 0 Å². The van der Waals surface area contributed by atoms with Gasteiger partial charge in [0.2, 0.25) is 0 Å². The van der Waals surface area contributed by atoms with Crippen molar-refractivity contribution in [1.29, 1.82) is 0 Å². The van der Waals surface area contributed by atoms with Crippen molar-refractivity contribution in [2.45, 2.75) is 39.3 Å². The number of thiophene rings is 1. The molecule has 6 heteroatoms. The van der Waals surface area contributed by atoms with Crippen LogP contribution in [-0.4, -0.2) is 23.9 Å². The van der Waals surface area contributed by atoms with Crippen LogP contribution < -0.4 is 10.1 Å². The van der Waals surface area contributed by atoms with Crippen LogP contribution in [0, 0.1) is 0 Å². The fraction of sp³-hybridized carbons (Fsp3) is 0.533. The standard InChI is InChI=1S/C15H22BrN3OS/c1-5-10-14(16)12(19(6-2)18-10)9-11(17-3)15-13(20-4)7-8-21-15/h7-8,11,17H,5-6,9H2,1-4H3.